The number of nitro groups is 1. The molecule has 1 saturated heterocycles. The summed E-state index contributed by atoms with van der Waals surface area (Å²) in [6.45, 7) is 2.60. The van der Waals surface area contributed by atoms with Crippen LogP contribution in [-0.2, 0) is 16.1 Å². The molecule has 1 unspecified atom stereocenters. The topological polar surface area (TPSA) is 138 Å². The minimum absolute atomic E-state index is 0.0126. The van der Waals surface area contributed by atoms with Crippen molar-refractivity contribution in [3.05, 3.63) is 69.9 Å². The zero-order valence-electron chi connectivity index (χ0n) is 20.9. The lowest BCUT2D eigenvalue weighted by Crippen LogP contribution is -2.28. The lowest BCUT2D eigenvalue weighted by atomic mass is 10.1. The van der Waals surface area contributed by atoms with Gasteiger partial charge in [0.05, 0.1) is 29.4 Å². The van der Waals surface area contributed by atoms with E-state index in [1.54, 1.807) is 18.2 Å². The van der Waals surface area contributed by atoms with Crippen molar-refractivity contribution in [2.75, 3.05) is 31.7 Å². The van der Waals surface area contributed by atoms with Gasteiger partial charge in [-0.05, 0) is 62.1 Å². The first-order chi connectivity index (χ1) is 18.6. The van der Waals surface area contributed by atoms with E-state index >= 15 is 0 Å². The van der Waals surface area contributed by atoms with Crippen LogP contribution < -0.4 is 15.4 Å². The highest BCUT2D eigenvalue weighted by Crippen LogP contribution is 2.31. The number of hydrogen-bond acceptors (Lipinski definition) is 9. The fraction of sp³-hybridized carbons (Fsp3) is 0.370. The number of hydrogen-bond donors (Lipinski definition) is 2. The first kappa shape index (κ1) is 25.6. The van der Waals surface area contributed by atoms with Crippen molar-refractivity contribution in [1.29, 1.82) is 0 Å². The molecule has 6 rings (SSSR count). The molecule has 0 radical (unpaired) electrons. The molecule has 11 nitrogen and oxygen atoms in total. The van der Waals surface area contributed by atoms with Crippen LogP contribution in [0.1, 0.15) is 41.6 Å². The van der Waals surface area contributed by atoms with Crippen LogP contribution >= 0.6 is 0 Å². The number of aromatic nitrogens is 2. The number of carbonyl (C=O) groups is 1. The van der Waals surface area contributed by atoms with E-state index in [-0.39, 0.29) is 29.2 Å². The molecule has 3 aliphatic heterocycles. The first-order valence-electron chi connectivity index (χ1n) is 12.7. The molecule has 0 saturated carbocycles. The fourth-order valence-electron chi connectivity index (χ4n) is 4.42. The minimum Gasteiger partial charge on any atom is -0.488 e. The Kier molecular flexibility index (Phi) is 8.05. The molecule has 2 aromatic carbocycles. The zero-order chi connectivity index (χ0) is 26.3. The van der Waals surface area contributed by atoms with Crippen LogP contribution in [0.5, 0.6) is 5.75 Å². The Hall–Kier alpha value is -4.09. The molecule has 1 amide bonds. The number of rotatable bonds is 3. The van der Waals surface area contributed by atoms with Gasteiger partial charge in [0, 0.05) is 48.8 Å². The van der Waals surface area contributed by atoms with Crippen molar-refractivity contribution in [2.45, 2.75) is 38.4 Å². The summed E-state index contributed by atoms with van der Waals surface area (Å²) >= 11 is 0. The van der Waals surface area contributed by atoms with E-state index in [9.17, 15) is 14.9 Å². The van der Waals surface area contributed by atoms with Crippen molar-refractivity contribution >= 4 is 23.2 Å². The van der Waals surface area contributed by atoms with Crippen molar-refractivity contribution in [3.8, 4) is 17.0 Å². The molecule has 0 aliphatic carbocycles. The van der Waals surface area contributed by atoms with Gasteiger partial charge in [-0.25, -0.2) is 9.97 Å². The third kappa shape index (κ3) is 6.24. The van der Waals surface area contributed by atoms with Gasteiger partial charge in [0.25, 0.3) is 11.6 Å². The summed E-state index contributed by atoms with van der Waals surface area (Å²) in [6.07, 6.45) is 4.85. The van der Waals surface area contributed by atoms with Gasteiger partial charge >= 0.3 is 0 Å². The van der Waals surface area contributed by atoms with E-state index in [2.05, 4.69) is 20.6 Å². The van der Waals surface area contributed by atoms with Gasteiger partial charge in [-0.15, -0.1) is 0 Å². The van der Waals surface area contributed by atoms with Crippen LogP contribution in [-0.4, -0.2) is 53.3 Å². The van der Waals surface area contributed by atoms with E-state index in [0.29, 0.717) is 44.0 Å². The Morgan fingerprint density at radius 3 is 2.79 bits per heavy atom. The molecule has 4 heterocycles. The minimum atomic E-state index is -0.510. The summed E-state index contributed by atoms with van der Waals surface area (Å²) in [5, 5.41) is 17.8. The second-order valence-electron chi connectivity index (χ2n) is 9.17. The summed E-state index contributed by atoms with van der Waals surface area (Å²) < 4.78 is 17.7. The quantitative estimate of drug-likeness (QED) is 0.381. The van der Waals surface area contributed by atoms with Gasteiger partial charge in [-0.2, -0.15) is 0 Å². The number of anilines is 2. The van der Waals surface area contributed by atoms with Gasteiger partial charge in [0.15, 0.2) is 0 Å². The maximum atomic E-state index is 12.6. The van der Waals surface area contributed by atoms with Crippen molar-refractivity contribution in [1.82, 2.24) is 15.3 Å². The highest BCUT2D eigenvalue weighted by atomic mass is 16.6. The SMILES string of the molecule is O=C1NCCCCOCc2cc(ccc2OC2CCCOC2)Nc2nccc(n2)-c2ccc1cc2[N+](=O)[O-]. The normalized spacial score (nSPS) is 18.3. The van der Waals surface area contributed by atoms with Crippen molar-refractivity contribution in [2.24, 2.45) is 0 Å². The van der Waals surface area contributed by atoms with Gasteiger partial charge in [-0.3, -0.25) is 14.9 Å². The summed E-state index contributed by atoms with van der Waals surface area (Å²) in [6, 6.07) is 11.7. The highest BCUT2D eigenvalue weighted by molar-refractivity contribution is 5.96. The molecule has 1 atom stereocenters. The number of benzene rings is 2. The number of carbonyl (C=O) groups excluding carboxylic acids is 1. The molecular weight excluding hydrogens is 490 g/mol. The fourth-order valence-corrected chi connectivity index (χ4v) is 4.42. The van der Waals surface area contributed by atoms with Crippen molar-refractivity contribution < 1.29 is 23.9 Å². The van der Waals surface area contributed by atoms with Gasteiger partial charge in [0.1, 0.15) is 11.9 Å². The predicted octanol–water partition coefficient (Wildman–Crippen LogP) is 4.39. The Morgan fingerprint density at radius 1 is 1.05 bits per heavy atom. The number of fused-ring (bicyclic) bond motifs is 9. The molecular formula is C27H29N5O6. The molecule has 2 N–H and O–H groups in total. The molecule has 0 spiro atoms. The molecule has 38 heavy (non-hydrogen) atoms. The molecule has 1 aromatic heterocycles. The average molecular weight is 520 g/mol. The van der Waals surface area contributed by atoms with Gasteiger partial charge < -0.3 is 24.8 Å². The smallest absolute Gasteiger partial charge is 0.279 e. The third-order valence-corrected chi connectivity index (χ3v) is 6.38. The highest BCUT2D eigenvalue weighted by Gasteiger charge is 2.21. The van der Waals surface area contributed by atoms with E-state index in [4.69, 9.17) is 14.2 Å². The molecule has 3 aliphatic rings. The van der Waals surface area contributed by atoms with Crippen LogP contribution in [0.4, 0.5) is 17.3 Å². The summed E-state index contributed by atoms with van der Waals surface area (Å²) in [7, 11) is 0. The van der Waals surface area contributed by atoms with Crippen LogP contribution in [0.2, 0.25) is 0 Å². The first-order valence-corrected chi connectivity index (χ1v) is 12.7. The number of ether oxygens (including phenoxy) is 3. The predicted molar refractivity (Wildman–Crippen MR) is 140 cm³/mol. The molecule has 11 heteroatoms. The number of nitrogens with zero attached hydrogens (tertiary/aromatic N) is 3. The molecule has 1 fully saturated rings. The van der Waals surface area contributed by atoms with Gasteiger partial charge in [-0.1, -0.05) is 0 Å². The Morgan fingerprint density at radius 2 is 1.95 bits per heavy atom. The third-order valence-electron chi connectivity index (χ3n) is 6.38. The second-order valence-corrected chi connectivity index (χ2v) is 9.17. The number of nitro benzene ring substituents is 1. The largest absolute Gasteiger partial charge is 0.488 e. The zero-order valence-corrected chi connectivity index (χ0v) is 20.9. The Labute approximate surface area is 219 Å². The molecule has 198 valence electrons. The number of nitrogens with one attached hydrogen (secondary N) is 2. The Balaban J connectivity index is 1.47. The average Bonchev–Trinajstić information content (AvgIpc) is 2.93. The van der Waals surface area contributed by atoms with E-state index in [0.717, 1.165) is 42.9 Å². The second kappa shape index (κ2) is 12.0. The van der Waals surface area contributed by atoms with Crippen LogP contribution in [0, 0.1) is 10.1 Å². The summed E-state index contributed by atoms with van der Waals surface area (Å²) in [5.74, 6) is 0.639. The lowest BCUT2D eigenvalue weighted by molar-refractivity contribution is -0.384. The van der Waals surface area contributed by atoms with Crippen molar-refractivity contribution in [3.63, 3.8) is 0 Å². The number of amides is 1. The van der Waals surface area contributed by atoms with Gasteiger partial charge in [0.2, 0.25) is 5.95 Å². The lowest BCUT2D eigenvalue weighted by Gasteiger charge is -2.25. The van der Waals surface area contributed by atoms with E-state index in [1.165, 1.54) is 12.3 Å². The summed E-state index contributed by atoms with van der Waals surface area (Å²) in [4.78, 5) is 32.7. The maximum Gasteiger partial charge on any atom is 0.279 e. The van der Waals surface area contributed by atoms with E-state index in [1.807, 2.05) is 18.2 Å². The van der Waals surface area contributed by atoms with Crippen LogP contribution in [0.3, 0.4) is 0 Å². The standard InChI is InChI=1S/C27H29N5O6/c33-26-18-5-7-22(24(15-18)32(34)35)23-9-11-29-27(31-23)30-20-6-8-25(38-21-4-3-13-37-17-21)19(14-20)16-36-12-2-1-10-28-26/h5-9,11,14-15,21H,1-4,10,12-13,16-17H2,(H,28,33)(H,29,30,31). The monoisotopic (exact) mass is 519 g/mol. The maximum absolute atomic E-state index is 12.6. The van der Waals surface area contributed by atoms with Crippen LogP contribution in [0.15, 0.2) is 48.7 Å². The Bertz CT molecular complexity index is 1310. The molecule has 6 bridgehead atoms. The molecule has 3 aromatic rings. The van der Waals surface area contributed by atoms with E-state index < -0.39 is 4.92 Å². The summed E-state index contributed by atoms with van der Waals surface area (Å²) in [5.41, 5.74) is 2.26. The van der Waals surface area contributed by atoms with Crippen LogP contribution in [0.25, 0.3) is 11.3 Å².